The molecule has 4 heteroatoms. The minimum Gasteiger partial charge on any atom is -0.396 e. The van der Waals surface area contributed by atoms with Gasteiger partial charge in [-0.2, -0.15) is 0 Å². The van der Waals surface area contributed by atoms with E-state index in [0.29, 0.717) is 31.6 Å². The second-order valence-electron chi connectivity index (χ2n) is 6.55. The van der Waals surface area contributed by atoms with Crippen molar-refractivity contribution >= 4 is 17.3 Å². The minimum absolute atomic E-state index is 0.0457. The molecular formula is C18H23NO3. The Bertz CT molecular complexity index is 555. The third kappa shape index (κ3) is 4.03. The summed E-state index contributed by atoms with van der Waals surface area (Å²) < 4.78 is 0. The number of Topliss-reactive ketones (excluding diaryl/α,β-unsaturated/α-hetero) is 2. The molecule has 1 saturated carbocycles. The average molecular weight is 301 g/mol. The number of hydrogen-bond donors (Lipinski definition) is 0. The number of benzene rings is 1. The van der Waals surface area contributed by atoms with Crippen LogP contribution in [0.15, 0.2) is 35.5 Å². The quantitative estimate of drug-likeness (QED) is 0.477. The minimum atomic E-state index is -0.750. The summed E-state index contributed by atoms with van der Waals surface area (Å²) in [5.74, 6) is -0.842. The van der Waals surface area contributed by atoms with Gasteiger partial charge in [0.2, 0.25) is 0 Å². The van der Waals surface area contributed by atoms with Gasteiger partial charge in [-0.3, -0.25) is 9.59 Å². The lowest BCUT2D eigenvalue weighted by atomic mass is 9.69. The Balaban J connectivity index is 2.26. The van der Waals surface area contributed by atoms with Crippen LogP contribution in [0.1, 0.15) is 39.2 Å². The summed E-state index contributed by atoms with van der Waals surface area (Å²) in [6.07, 6.45) is 1.27. The smallest absolute Gasteiger partial charge is 0.149 e. The summed E-state index contributed by atoms with van der Waals surface area (Å²) in [5.41, 5.74) is 1.29. The second-order valence-corrected chi connectivity index (χ2v) is 6.55. The molecule has 0 unspecified atom stereocenters. The van der Waals surface area contributed by atoms with Crippen LogP contribution in [-0.2, 0) is 20.8 Å². The van der Waals surface area contributed by atoms with E-state index in [1.165, 1.54) is 0 Å². The highest BCUT2D eigenvalue weighted by Gasteiger charge is 2.42. The van der Waals surface area contributed by atoms with Gasteiger partial charge in [-0.15, -0.1) is 0 Å². The van der Waals surface area contributed by atoms with Crippen LogP contribution in [0.25, 0.3) is 0 Å². The Labute approximate surface area is 131 Å². The zero-order valence-electron chi connectivity index (χ0n) is 13.5. The van der Waals surface area contributed by atoms with Crippen LogP contribution in [0.2, 0.25) is 0 Å². The lowest BCUT2D eigenvalue weighted by molar-refractivity contribution is -0.136. The van der Waals surface area contributed by atoms with E-state index in [0.717, 1.165) is 5.56 Å². The van der Waals surface area contributed by atoms with Crippen molar-refractivity contribution in [3.8, 4) is 0 Å². The van der Waals surface area contributed by atoms with E-state index in [1.807, 2.05) is 51.1 Å². The van der Waals surface area contributed by atoms with E-state index in [9.17, 15) is 9.59 Å². The van der Waals surface area contributed by atoms with Crippen LogP contribution in [0, 0.1) is 11.3 Å². The third-order valence-electron chi connectivity index (χ3n) is 3.82. The molecule has 4 nitrogen and oxygen atoms in total. The molecule has 1 aliphatic carbocycles. The van der Waals surface area contributed by atoms with Crippen LogP contribution < -0.4 is 0 Å². The molecule has 22 heavy (non-hydrogen) atoms. The maximum Gasteiger partial charge on any atom is 0.149 e. The van der Waals surface area contributed by atoms with Gasteiger partial charge in [0.05, 0.1) is 5.71 Å². The predicted octanol–water partition coefficient (Wildman–Crippen LogP) is 3.20. The molecule has 0 heterocycles. The molecule has 0 aromatic heterocycles. The fourth-order valence-electron chi connectivity index (χ4n) is 2.90. The van der Waals surface area contributed by atoms with Gasteiger partial charge in [0, 0.05) is 19.3 Å². The summed E-state index contributed by atoms with van der Waals surface area (Å²) in [6, 6.07) is 9.72. The maximum atomic E-state index is 12.5. The van der Waals surface area contributed by atoms with E-state index in [-0.39, 0.29) is 17.0 Å². The standard InChI is InChI=1S/C18H23NO3/c1-4-22-19-14(10-13-8-6-5-7-9-13)17-15(20)11-18(2,3)12-16(17)21/h5-9,17H,4,10-12H2,1-3H3/b19-14-. The van der Waals surface area contributed by atoms with Crippen molar-refractivity contribution in [2.24, 2.45) is 16.5 Å². The van der Waals surface area contributed by atoms with Crippen molar-refractivity contribution < 1.29 is 14.4 Å². The highest BCUT2D eigenvalue weighted by atomic mass is 16.6. The molecule has 0 radical (unpaired) electrons. The maximum absolute atomic E-state index is 12.5. The number of carbonyl (C=O) groups excluding carboxylic acids is 2. The van der Waals surface area contributed by atoms with Crippen molar-refractivity contribution in [1.29, 1.82) is 0 Å². The number of ketones is 2. The SMILES string of the molecule is CCO/N=C(/Cc1ccccc1)C1C(=O)CC(C)(C)CC1=O. The van der Waals surface area contributed by atoms with Gasteiger partial charge in [0.15, 0.2) is 0 Å². The van der Waals surface area contributed by atoms with Crippen LogP contribution in [-0.4, -0.2) is 23.9 Å². The summed E-state index contributed by atoms with van der Waals surface area (Å²) >= 11 is 0. The van der Waals surface area contributed by atoms with E-state index in [1.54, 1.807) is 0 Å². The lowest BCUT2D eigenvalue weighted by Crippen LogP contribution is -2.42. The predicted molar refractivity (Wildman–Crippen MR) is 85.7 cm³/mol. The normalized spacial score (nSPS) is 19.3. The monoisotopic (exact) mass is 301 g/mol. The molecule has 0 N–H and O–H groups in total. The largest absolute Gasteiger partial charge is 0.396 e. The second kappa shape index (κ2) is 6.86. The Morgan fingerprint density at radius 1 is 1.18 bits per heavy atom. The molecule has 1 aromatic carbocycles. The van der Waals surface area contributed by atoms with Gasteiger partial charge < -0.3 is 4.84 Å². The Morgan fingerprint density at radius 2 is 1.77 bits per heavy atom. The third-order valence-corrected chi connectivity index (χ3v) is 3.82. The Morgan fingerprint density at radius 3 is 2.32 bits per heavy atom. The lowest BCUT2D eigenvalue weighted by Gasteiger charge is -2.32. The molecule has 0 spiro atoms. The van der Waals surface area contributed by atoms with E-state index in [4.69, 9.17) is 4.84 Å². The Hall–Kier alpha value is -1.97. The van der Waals surface area contributed by atoms with E-state index >= 15 is 0 Å². The molecule has 2 rings (SSSR count). The molecule has 1 aliphatic rings. The zero-order chi connectivity index (χ0) is 16.2. The first-order valence-corrected chi connectivity index (χ1v) is 7.71. The topological polar surface area (TPSA) is 55.7 Å². The zero-order valence-corrected chi connectivity index (χ0v) is 13.5. The van der Waals surface area contributed by atoms with Crippen LogP contribution in [0.5, 0.6) is 0 Å². The van der Waals surface area contributed by atoms with Gasteiger partial charge in [0.1, 0.15) is 24.1 Å². The number of hydrogen-bond acceptors (Lipinski definition) is 4. The fourth-order valence-corrected chi connectivity index (χ4v) is 2.90. The van der Waals surface area contributed by atoms with Gasteiger partial charge in [-0.25, -0.2) is 0 Å². The summed E-state index contributed by atoms with van der Waals surface area (Å²) in [4.78, 5) is 30.1. The number of rotatable bonds is 5. The highest BCUT2D eigenvalue weighted by molar-refractivity contribution is 6.22. The van der Waals surface area contributed by atoms with Gasteiger partial charge in [-0.05, 0) is 17.9 Å². The summed E-state index contributed by atoms with van der Waals surface area (Å²) in [6.45, 7) is 6.15. The number of oxime groups is 1. The van der Waals surface area contributed by atoms with Gasteiger partial charge in [-0.1, -0.05) is 49.3 Å². The first-order chi connectivity index (χ1) is 10.4. The molecule has 0 bridgehead atoms. The van der Waals surface area contributed by atoms with Crippen molar-refractivity contribution in [1.82, 2.24) is 0 Å². The average Bonchev–Trinajstić information content (AvgIpc) is 2.43. The van der Waals surface area contributed by atoms with Crippen molar-refractivity contribution in [2.75, 3.05) is 6.61 Å². The molecule has 118 valence electrons. The highest BCUT2D eigenvalue weighted by Crippen LogP contribution is 2.34. The first kappa shape index (κ1) is 16.4. The van der Waals surface area contributed by atoms with Crippen LogP contribution >= 0.6 is 0 Å². The summed E-state index contributed by atoms with van der Waals surface area (Å²) in [7, 11) is 0. The molecule has 0 aliphatic heterocycles. The molecule has 1 aromatic rings. The fraction of sp³-hybridized carbons (Fsp3) is 0.500. The van der Waals surface area contributed by atoms with Crippen LogP contribution in [0.3, 0.4) is 0 Å². The van der Waals surface area contributed by atoms with Crippen LogP contribution in [0.4, 0.5) is 0 Å². The molecule has 0 amide bonds. The number of nitrogens with zero attached hydrogens (tertiary/aromatic N) is 1. The molecule has 0 saturated heterocycles. The van der Waals surface area contributed by atoms with Crippen molar-refractivity contribution in [3.05, 3.63) is 35.9 Å². The van der Waals surface area contributed by atoms with Gasteiger partial charge >= 0.3 is 0 Å². The molecule has 0 atom stereocenters. The van der Waals surface area contributed by atoms with Gasteiger partial charge in [0.25, 0.3) is 0 Å². The van der Waals surface area contributed by atoms with E-state index < -0.39 is 5.92 Å². The van der Waals surface area contributed by atoms with Crippen molar-refractivity contribution in [3.63, 3.8) is 0 Å². The Kier molecular flexibility index (Phi) is 5.11. The molecular weight excluding hydrogens is 278 g/mol. The number of carbonyl (C=O) groups is 2. The summed E-state index contributed by atoms with van der Waals surface area (Å²) in [5, 5.41) is 4.08. The first-order valence-electron chi connectivity index (χ1n) is 7.71. The van der Waals surface area contributed by atoms with E-state index in [2.05, 4.69) is 5.16 Å². The molecule has 1 fully saturated rings. The van der Waals surface area contributed by atoms with Crippen molar-refractivity contribution in [2.45, 2.75) is 40.0 Å².